The number of nitrogens with zero attached hydrogens (tertiary/aromatic N) is 1. The van der Waals surface area contributed by atoms with Crippen LogP contribution < -0.4 is 10.5 Å². The smallest absolute Gasteiger partial charge is 0.188 e. The number of ether oxygens (including phenoxy) is 1. The largest absolute Gasteiger partial charge is 0.595 e. The number of anilines is 1. The molecular formula is C22H36ClN3O3. The summed E-state index contributed by atoms with van der Waals surface area (Å²) in [5, 5.41) is 24.1. The van der Waals surface area contributed by atoms with Crippen molar-refractivity contribution in [3.05, 3.63) is 27.9 Å². The Morgan fingerprint density at radius 3 is 2.52 bits per heavy atom. The Labute approximate surface area is 179 Å². The number of nitrogens with one attached hydrogen (secondary N) is 2. The summed E-state index contributed by atoms with van der Waals surface area (Å²) >= 11 is 6.12. The zero-order chi connectivity index (χ0) is 21.0. The second-order valence-corrected chi connectivity index (χ2v) is 9.33. The first kappa shape index (κ1) is 22.8. The van der Waals surface area contributed by atoms with Gasteiger partial charge in [0.25, 0.3) is 0 Å². The maximum atomic E-state index is 11.6. The van der Waals surface area contributed by atoms with Crippen LogP contribution in [0.5, 0.6) is 0 Å². The van der Waals surface area contributed by atoms with E-state index in [-0.39, 0.29) is 17.3 Å². The number of hydrogen-bond donors (Lipinski definition) is 3. The van der Waals surface area contributed by atoms with Crippen LogP contribution in [0.2, 0.25) is 5.02 Å². The second kappa shape index (κ2) is 9.94. The SMILES string of the molecule is CCCO[C@H]1CC[C@@](C)(N2CCC(Nc3cc(C)c(Cl)cc3[NH+]([O-])O)CC2)CC1. The lowest BCUT2D eigenvalue weighted by atomic mass is 9.79. The van der Waals surface area contributed by atoms with Crippen molar-refractivity contribution in [3.63, 3.8) is 0 Å². The van der Waals surface area contributed by atoms with Gasteiger partial charge in [-0.2, -0.15) is 5.23 Å². The molecule has 2 fully saturated rings. The minimum Gasteiger partial charge on any atom is -0.595 e. The van der Waals surface area contributed by atoms with E-state index in [1.807, 2.05) is 13.0 Å². The van der Waals surface area contributed by atoms with Gasteiger partial charge >= 0.3 is 0 Å². The van der Waals surface area contributed by atoms with E-state index < -0.39 is 5.23 Å². The molecule has 0 radical (unpaired) electrons. The summed E-state index contributed by atoms with van der Waals surface area (Å²) in [5.74, 6) is 0. The van der Waals surface area contributed by atoms with Gasteiger partial charge in [0.2, 0.25) is 0 Å². The molecule has 0 amide bonds. The molecule has 164 valence electrons. The Hall–Kier alpha value is -0.890. The average molecular weight is 426 g/mol. The molecule has 0 spiro atoms. The summed E-state index contributed by atoms with van der Waals surface area (Å²) in [5.41, 5.74) is 2.09. The molecule has 0 aromatic heterocycles. The maximum Gasteiger partial charge on any atom is 0.188 e. The molecule has 1 aromatic carbocycles. The molecule has 3 rings (SSSR count). The molecule has 3 N–H and O–H groups in total. The van der Waals surface area contributed by atoms with Crippen LogP contribution in [0.3, 0.4) is 0 Å². The molecule has 0 bridgehead atoms. The van der Waals surface area contributed by atoms with Gasteiger partial charge in [-0.25, -0.2) is 5.21 Å². The maximum absolute atomic E-state index is 11.6. The van der Waals surface area contributed by atoms with Crippen LogP contribution in [-0.4, -0.2) is 47.5 Å². The van der Waals surface area contributed by atoms with Gasteiger partial charge in [-0.3, -0.25) is 4.90 Å². The van der Waals surface area contributed by atoms with Crippen molar-refractivity contribution in [2.75, 3.05) is 25.0 Å². The zero-order valence-electron chi connectivity index (χ0n) is 18.0. The number of benzene rings is 1. The van der Waals surface area contributed by atoms with Crippen molar-refractivity contribution in [1.29, 1.82) is 0 Å². The van der Waals surface area contributed by atoms with Gasteiger partial charge in [0.15, 0.2) is 5.69 Å². The van der Waals surface area contributed by atoms with Crippen LogP contribution >= 0.6 is 11.6 Å². The summed E-state index contributed by atoms with van der Waals surface area (Å²) in [6, 6.07) is 3.70. The lowest BCUT2D eigenvalue weighted by Gasteiger charge is -2.48. The van der Waals surface area contributed by atoms with E-state index in [2.05, 4.69) is 24.1 Å². The van der Waals surface area contributed by atoms with Gasteiger partial charge in [0.1, 0.15) is 5.69 Å². The zero-order valence-corrected chi connectivity index (χ0v) is 18.7. The highest BCUT2D eigenvalue weighted by Gasteiger charge is 2.38. The number of aryl methyl sites for hydroxylation is 1. The van der Waals surface area contributed by atoms with E-state index in [0.717, 1.165) is 57.4 Å². The molecule has 29 heavy (non-hydrogen) atoms. The van der Waals surface area contributed by atoms with Gasteiger partial charge in [-0.15, -0.1) is 0 Å². The van der Waals surface area contributed by atoms with Crippen LogP contribution in [0.15, 0.2) is 12.1 Å². The Kier molecular flexibility index (Phi) is 7.81. The van der Waals surface area contributed by atoms with E-state index >= 15 is 0 Å². The average Bonchev–Trinajstić information content (AvgIpc) is 2.70. The van der Waals surface area contributed by atoms with Crippen molar-refractivity contribution in [2.45, 2.75) is 83.4 Å². The van der Waals surface area contributed by atoms with Crippen molar-refractivity contribution in [3.8, 4) is 0 Å². The molecular weight excluding hydrogens is 390 g/mol. The standard InChI is InChI=1S/C22H36ClN3O3/c1-4-13-29-18-5-9-22(3,10-6-18)25-11-7-17(8-12-25)24-20-14-16(2)19(23)15-21(20)26(27)28/h14-15,17-18,24,26-27H,4-13H2,1-3H3/t18-,22+. The number of likely N-dealkylation sites (tertiary alicyclic amines) is 1. The van der Waals surface area contributed by atoms with Crippen LogP contribution in [0.1, 0.15) is 64.4 Å². The van der Waals surface area contributed by atoms with Crippen molar-refractivity contribution < 1.29 is 15.2 Å². The van der Waals surface area contributed by atoms with E-state index in [4.69, 9.17) is 16.3 Å². The highest BCUT2D eigenvalue weighted by Crippen LogP contribution is 2.37. The van der Waals surface area contributed by atoms with E-state index in [1.54, 1.807) is 6.07 Å². The number of piperidine rings is 1. The molecule has 6 nitrogen and oxygen atoms in total. The fourth-order valence-electron chi connectivity index (χ4n) is 4.74. The normalized spacial score (nSPS) is 27.7. The molecule has 1 atom stereocenters. The summed E-state index contributed by atoms with van der Waals surface area (Å²) in [7, 11) is 0. The van der Waals surface area contributed by atoms with Crippen LogP contribution in [0.25, 0.3) is 0 Å². The van der Waals surface area contributed by atoms with Crippen molar-refractivity contribution in [2.24, 2.45) is 0 Å². The molecule has 1 aliphatic heterocycles. The third kappa shape index (κ3) is 5.63. The first-order valence-corrected chi connectivity index (χ1v) is 11.4. The Balaban J connectivity index is 1.54. The summed E-state index contributed by atoms with van der Waals surface area (Å²) in [6.07, 6.45) is 8.26. The third-order valence-corrected chi connectivity index (χ3v) is 7.12. The number of halogens is 1. The number of rotatable bonds is 7. The topological polar surface area (TPSA) is 72.2 Å². The Bertz CT molecular complexity index is 670. The van der Waals surface area contributed by atoms with Crippen LogP contribution in [0.4, 0.5) is 11.4 Å². The van der Waals surface area contributed by atoms with E-state index in [1.165, 1.54) is 12.8 Å². The highest BCUT2D eigenvalue weighted by atomic mass is 35.5. The summed E-state index contributed by atoms with van der Waals surface area (Å²) in [4.78, 5) is 2.65. The van der Waals surface area contributed by atoms with E-state index in [0.29, 0.717) is 16.8 Å². The van der Waals surface area contributed by atoms with Gasteiger partial charge in [-0.05, 0) is 70.4 Å². The molecule has 1 heterocycles. The first-order chi connectivity index (χ1) is 13.8. The Morgan fingerprint density at radius 2 is 1.93 bits per heavy atom. The van der Waals surface area contributed by atoms with Gasteiger partial charge < -0.3 is 15.3 Å². The van der Waals surface area contributed by atoms with Crippen LogP contribution in [-0.2, 0) is 4.74 Å². The number of quaternary nitrogens is 1. The third-order valence-electron chi connectivity index (χ3n) is 6.71. The fraction of sp³-hybridized carbons (Fsp3) is 0.727. The minimum atomic E-state index is -0.943. The molecule has 7 heteroatoms. The van der Waals surface area contributed by atoms with Gasteiger partial charge in [0.05, 0.1) is 6.10 Å². The quantitative estimate of drug-likeness (QED) is 0.574. The molecule has 1 aromatic rings. The predicted octanol–water partition coefficient (Wildman–Crippen LogP) is 4.06. The molecule has 1 saturated heterocycles. The molecule has 1 saturated carbocycles. The highest BCUT2D eigenvalue weighted by molar-refractivity contribution is 6.31. The molecule has 1 aliphatic carbocycles. The fourth-order valence-corrected chi connectivity index (χ4v) is 4.91. The van der Waals surface area contributed by atoms with Crippen molar-refractivity contribution >= 4 is 23.0 Å². The van der Waals surface area contributed by atoms with Crippen molar-refractivity contribution in [1.82, 2.24) is 4.90 Å². The molecule has 1 unspecified atom stereocenters. The summed E-state index contributed by atoms with van der Waals surface area (Å²) in [6.45, 7) is 9.44. The molecule has 2 aliphatic rings. The van der Waals surface area contributed by atoms with Gasteiger partial charge in [0, 0.05) is 42.4 Å². The van der Waals surface area contributed by atoms with Crippen LogP contribution in [0, 0.1) is 12.1 Å². The van der Waals surface area contributed by atoms with E-state index in [9.17, 15) is 10.4 Å². The lowest BCUT2D eigenvalue weighted by Crippen LogP contribution is -2.99. The summed E-state index contributed by atoms with van der Waals surface area (Å²) < 4.78 is 5.96. The minimum absolute atomic E-state index is 0.250. The number of hydrogen-bond acceptors (Lipinski definition) is 5. The predicted molar refractivity (Wildman–Crippen MR) is 117 cm³/mol. The monoisotopic (exact) mass is 425 g/mol. The second-order valence-electron chi connectivity index (χ2n) is 8.92. The van der Waals surface area contributed by atoms with Gasteiger partial charge in [-0.1, -0.05) is 18.5 Å². The lowest BCUT2D eigenvalue weighted by molar-refractivity contribution is -0.990. The first-order valence-electron chi connectivity index (χ1n) is 11.0. The Morgan fingerprint density at radius 1 is 1.28 bits per heavy atom.